The van der Waals surface area contributed by atoms with E-state index in [-0.39, 0.29) is 45.9 Å². The molecule has 5 atom stereocenters. The average molecular weight is 965 g/mol. The Labute approximate surface area is 386 Å². The molecule has 3 aromatic rings. The number of nitrogens with two attached hydrogens (primary N) is 1. The van der Waals surface area contributed by atoms with Crippen LogP contribution in [0.15, 0.2) is 77.0 Å². The number of likely N-dealkylation sites (tertiary alicyclic amines) is 1. The zero-order valence-electron chi connectivity index (χ0n) is 37.2. The number of nitrogen functional groups attached to an aromatic ring is 1. The molecule has 3 aromatic carbocycles. The molecule has 6 amide bonds. The average Bonchev–Trinajstić information content (AvgIpc) is 3.77. The van der Waals surface area contributed by atoms with Gasteiger partial charge in [-0.2, -0.15) is 8.42 Å². The first-order valence-electron chi connectivity index (χ1n) is 21.0. The van der Waals surface area contributed by atoms with Gasteiger partial charge in [0.15, 0.2) is 21.4 Å². The summed E-state index contributed by atoms with van der Waals surface area (Å²) in [5.74, 6) is -6.41. The second-order valence-corrected chi connectivity index (χ2v) is 19.8. The molecular weight excluding hydrogens is 913 g/mol. The molecule has 21 nitrogen and oxygen atoms in total. The topological polar surface area (TPSA) is 327 Å². The summed E-state index contributed by atoms with van der Waals surface area (Å²) in [5, 5.41) is 15.4. The number of ketones is 2. The Morgan fingerprint density at radius 3 is 2.03 bits per heavy atom. The molecule has 358 valence electrons. The highest BCUT2D eigenvalue weighted by atomic mass is 32.2. The monoisotopic (exact) mass is 964 g/mol. The predicted molar refractivity (Wildman–Crippen MR) is 243 cm³/mol. The highest BCUT2D eigenvalue weighted by Gasteiger charge is 2.40. The van der Waals surface area contributed by atoms with Crippen molar-refractivity contribution in [3.63, 3.8) is 0 Å². The van der Waals surface area contributed by atoms with Crippen LogP contribution in [-0.4, -0.2) is 122 Å². The largest absolute Gasteiger partial charge is 0.397 e. The summed E-state index contributed by atoms with van der Waals surface area (Å²) >= 11 is 0. The van der Waals surface area contributed by atoms with E-state index in [2.05, 4.69) is 38.5 Å². The number of fused-ring (bicyclic) bond motifs is 2. The second-order valence-electron chi connectivity index (χ2n) is 16.3. The Balaban J connectivity index is 1.19. The predicted octanol–water partition coefficient (Wildman–Crippen LogP) is 0.756. The number of nitrogens with zero attached hydrogens (tertiary/aromatic N) is 1. The van der Waals surface area contributed by atoms with Crippen LogP contribution in [0.4, 0.5) is 17.1 Å². The van der Waals surface area contributed by atoms with Gasteiger partial charge in [-0.15, -0.1) is 0 Å². The fourth-order valence-electron chi connectivity index (χ4n) is 7.55. The molecule has 9 N–H and O–H groups in total. The Hall–Kier alpha value is -6.98. The Morgan fingerprint density at radius 2 is 1.42 bits per heavy atom. The highest BCUT2D eigenvalue weighted by molar-refractivity contribution is 7.91. The van der Waals surface area contributed by atoms with E-state index in [1.165, 1.54) is 74.2 Å². The van der Waals surface area contributed by atoms with Crippen LogP contribution in [0.2, 0.25) is 0 Å². The number of nitrogens with one attached hydrogen (secondary N) is 6. The van der Waals surface area contributed by atoms with E-state index < -0.39 is 132 Å². The molecule has 67 heavy (non-hydrogen) atoms. The van der Waals surface area contributed by atoms with Gasteiger partial charge in [0.2, 0.25) is 35.4 Å². The molecule has 1 saturated heterocycles. The van der Waals surface area contributed by atoms with E-state index in [0.717, 1.165) is 12.1 Å². The first-order chi connectivity index (χ1) is 31.4. The molecule has 0 bridgehead atoms. The van der Waals surface area contributed by atoms with Gasteiger partial charge < -0.3 is 42.5 Å². The minimum Gasteiger partial charge on any atom is -0.397 e. The van der Waals surface area contributed by atoms with Gasteiger partial charge in [-0.05, 0) is 69.9 Å². The van der Waals surface area contributed by atoms with Crippen molar-refractivity contribution in [2.45, 2.75) is 87.5 Å². The molecule has 1 aliphatic carbocycles. The minimum atomic E-state index is -5.02. The van der Waals surface area contributed by atoms with Crippen molar-refractivity contribution in [1.82, 2.24) is 31.5 Å². The lowest BCUT2D eigenvalue weighted by molar-refractivity contribution is -0.142. The van der Waals surface area contributed by atoms with Crippen LogP contribution >= 0.6 is 0 Å². The lowest BCUT2D eigenvalue weighted by atomic mass is 9.82. The number of carbonyl (C=O) groups excluding carboxylic acids is 8. The van der Waals surface area contributed by atoms with Crippen LogP contribution in [0.25, 0.3) is 0 Å². The molecule has 2 aliphatic rings. The maximum atomic E-state index is 13.7. The molecule has 23 heteroatoms. The summed E-state index contributed by atoms with van der Waals surface area (Å²) in [6.45, 7) is 10.7. The van der Waals surface area contributed by atoms with E-state index in [4.69, 9.17) is 5.73 Å². The van der Waals surface area contributed by atoms with Gasteiger partial charge in [-0.1, -0.05) is 50.8 Å². The van der Waals surface area contributed by atoms with Crippen molar-refractivity contribution in [2.75, 3.05) is 29.9 Å². The Kier molecular flexibility index (Phi) is 15.7. The molecule has 5 rings (SSSR count). The minimum absolute atomic E-state index is 0.0166. The van der Waals surface area contributed by atoms with Crippen molar-refractivity contribution in [3.8, 4) is 0 Å². The summed E-state index contributed by atoms with van der Waals surface area (Å²) in [7, 11) is -9.17. The van der Waals surface area contributed by atoms with Gasteiger partial charge in [0.05, 0.1) is 33.2 Å². The zero-order chi connectivity index (χ0) is 49.7. The summed E-state index contributed by atoms with van der Waals surface area (Å²) < 4.78 is 61.6. The van der Waals surface area contributed by atoms with Gasteiger partial charge in [-0.3, -0.25) is 42.9 Å². The molecule has 0 spiro atoms. The smallest absolute Gasteiger partial charge is 0.296 e. The lowest BCUT2D eigenvalue weighted by Gasteiger charge is -2.30. The number of amides is 6. The van der Waals surface area contributed by atoms with Crippen molar-refractivity contribution in [2.24, 2.45) is 5.92 Å². The lowest BCUT2D eigenvalue weighted by Crippen LogP contribution is -2.59. The summed E-state index contributed by atoms with van der Waals surface area (Å²) in [6.07, 6.45) is 1.74. The number of sulfone groups is 1. The highest BCUT2D eigenvalue weighted by Crippen LogP contribution is 2.40. The third kappa shape index (κ3) is 11.5. The molecule has 0 saturated carbocycles. The van der Waals surface area contributed by atoms with Crippen LogP contribution in [0.3, 0.4) is 0 Å². The zero-order valence-corrected chi connectivity index (χ0v) is 38.8. The second kappa shape index (κ2) is 20.7. The van der Waals surface area contributed by atoms with E-state index in [1.807, 2.05) is 0 Å². The number of benzene rings is 3. The summed E-state index contributed by atoms with van der Waals surface area (Å²) in [4.78, 5) is 105. The van der Waals surface area contributed by atoms with Gasteiger partial charge >= 0.3 is 0 Å². The number of rotatable bonds is 18. The molecule has 0 aromatic heterocycles. The van der Waals surface area contributed by atoms with Crippen LogP contribution in [0.1, 0.15) is 79.3 Å². The van der Waals surface area contributed by atoms with Gasteiger partial charge in [0, 0.05) is 29.9 Å². The van der Waals surface area contributed by atoms with Gasteiger partial charge in [0.1, 0.15) is 35.1 Å². The Morgan fingerprint density at radius 1 is 0.806 bits per heavy atom. The first kappa shape index (κ1) is 51.0. The molecule has 1 fully saturated rings. The third-order valence-electron chi connectivity index (χ3n) is 11.1. The molecule has 1 heterocycles. The van der Waals surface area contributed by atoms with Crippen LogP contribution < -0.4 is 37.6 Å². The van der Waals surface area contributed by atoms with Crippen molar-refractivity contribution in [3.05, 3.63) is 89.5 Å². The van der Waals surface area contributed by atoms with Crippen LogP contribution in [0.5, 0.6) is 0 Å². The number of hydrogen-bond acceptors (Lipinski definition) is 14. The first-order valence-corrected chi connectivity index (χ1v) is 24.1. The molecule has 1 aliphatic heterocycles. The van der Waals surface area contributed by atoms with Crippen molar-refractivity contribution < 1.29 is 59.7 Å². The molecule has 5 unspecified atom stereocenters. The fraction of sp³-hybridized carbons (Fsp3) is 0.364. The van der Waals surface area contributed by atoms with Crippen LogP contribution in [0, 0.1) is 5.92 Å². The number of carbonyl (C=O) groups is 8. The number of hydrogen-bond donors (Lipinski definition) is 8. The van der Waals surface area contributed by atoms with E-state index in [9.17, 15) is 59.7 Å². The van der Waals surface area contributed by atoms with Crippen molar-refractivity contribution >= 4 is 84.0 Å². The van der Waals surface area contributed by atoms with E-state index in [1.54, 1.807) is 13.8 Å². The van der Waals surface area contributed by atoms with E-state index in [0.29, 0.717) is 6.42 Å². The van der Waals surface area contributed by atoms with Crippen molar-refractivity contribution in [1.29, 1.82) is 0 Å². The SMILES string of the molecule is C=CC(=O)NC(C)C(=O)NC(C)C(=O)N1CCCC1C(=O)NC(C(=O)NC(C)C(=O)NCCS(=O)(=O)c1cccc(Nc2cc(S(=O)(=O)O)c(N)c3c2C(=O)c2ccccc2C3=O)c1)C(C)C. The maximum absolute atomic E-state index is 13.7. The van der Waals surface area contributed by atoms with E-state index >= 15 is 0 Å². The molecule has 0 radical (unpaired) electrons. The summed E-state index contributed by atoms with van der Waals surface area (Å²) in [5.41, 5.74) is 4.42. The third-order valence-corrected chi connectivity index (χ3v) is 13.7. The Bertz CT molecular complexity index is 2780. The van der Waals surface area contributed by atoms with Gasteiger partial charge in [0.25, 0.3) is 10.1 Å². The summed E-state index contributed by atoms with van der Waals surface area (Å²) in [6, 6.07) is 6.52. The van der Waals surface area contributed by atoms with Gasteiger partial charge in [-0.25, -0.2) is 8.42 Å². The normalized spacial score (nSPS) is 16.3. The maximum Gasteiger partial charge on any atom is 0.296 e. The quantitative estimate of drug-likeness (QED) is 0.0388. The standard InChI is InChI=1S/C44H52N8O13S2/c1-7-33(53)47-24(5)41(57)49-25(6)44(60)52-18-11-16-31(52)42(58)51-37(22(2)3)43(59)48-23(4)40(56)46-17-19-66(61,62)27-13-10-12-26(20-27)50-30-21-32(67(63,64)65)36(45)35-34(30)38(54)28-14-8-9-15-29(28)39(35)55/h7-10,12-15,20-25,31,37,50H,1,11,16-19,45H2,2-6H3,(H,46,56)(H,47,53)(H,48,59)(H,49,57)(H,51,58)(H,63,64,65). The number of anilines is 3. The fourth-order valence-corrected chi connectivity index (χ4v) is 9.40. The molecular formula is C44H52N8O13S2. The van der Waals surface area contributed by atoms with Crippen LogP contribution in [-0.2, 0) is 48.7 Å².